The molecule has 1 saturated heterocycles. The molecule has 1 fully saturated rings. The van der Waals surface area contributed by atoms with Crippen molar-refractivity contribution in [2.75, 3.05) is 31.6 Å². The summed E-state index contributed by atoms with van der Waals surface area (Å²) in [7, 11) is 1.85. The van der Waals surface area contributed by atoms with Crippen molar-refractivity contribution in [2.24, 2.45) is 4.99 Å². The van der Waals surface area contributed by atoms with Crippen LogP contribution in [0.1, 0.15) is 28.4 Å². The molecule has 2 N–H and O–H groups in total. The maximum absolute atomic E-state index is 4.49. The van der Waals surface area contributed by atoms with Crippen molar-refractivity contribution in [3.8, 4) is 0 Å². The molecule has 144 valence electrons. The highest BCUT2D eigenvalue weighted by Gasteiger charge is 2.20. The van der Waals surface area contributed by atoms with Crippen LogP contribution in [0.4, 0.5) is 5.00 Å². The van der Waals surface area contributed by atoms with Gasteiger partial charge in [0.25, 0.3) is 0 Å². The molecule has 0 saturated carbocycles. The zero-order valence-electron chi connectivity index (χ0n) is 15.6. The predicted molar refractivity (Wildman–Crippen MR) is 125 cm³/mol. The Hall–Kier alpha value is -0.870. The first kappa shape index (κ1) is 21.4. The lowest BCUT2D eigenvalue weighted by Gasteiger charge is -2.33. The first-order valence-corrected chi connectivity index (χ1v) is 10.5. The van der Waals surface area contributed by atoms with Crippen LogP contribution in [0.25, 0.3) is 0 Å². The minimum atomic E-state index is 0. The molecule has 0 spiro atoms. The van der Waals surface area contributed by atoms with Gasteiger partial charge in [0.05, 0.1) is 15.7 Å². The minimum absolute atomic E-state index is 0. The number of hydrogen-bond donors (Lipinski definition) is 2. The summed E-state index contributed by atoms with van der Waals surface area (Å²) in [6.07, 6.45) is 3.28. The number of nitrogens with one attached hydrogen (secondary N) is 2. The fraction of sp³-hybridized carbons (Fsp3) is 0.556. The highest BCUT2D eigenvalue weighted by atomic mass is 127. The highest BCUT2D eigenvalue weighted by molar-refractivity contribution is 14.0. The molecule has 1 aliphatic rings. The summed E-state index contributed by atoms with van der Waals surface area (Å²) in [5, 5.41) is 11.7. The summed E-state index contributed by atoms with van der Waals surface area (Å²) in [4.78, 5) is 12.7. The van der Waals surface area contributed by atoms with Crippen LogP contribution >= 0.6 is 46.7 Å². The average Bonchev–Trinajstić information content (AvgIpc) is 3.24. The summed E-state index contributed by atoms with van der Waals surface area (Å²) in [5.41, 5.74) is 1.16. The number of rotatable bonds is 5. The Morgan fingerprint density at radius 2 is 2.12 bits per heavy atom. The van der Waals surface area contributed by atoms with Gasteiger partial charge in [-0.25, -0.2) is 4.98 Å². The first-order valence-electron chi connectivity index (χ1n) is 8.84. The second kappa shape index (κ2) is 10.5. The zero-order chi connectivity index (χ0) is 17.6. The van der Waals surface area contributed by atoms with Gasteiger partial charge in [-0.2, -0.15) is 0 Å². The van der Waals surface area contributed by atoms with Gasteiger partial charge in [-0.15, -0.1) is 46.7 Å². The Kier molecular flexibility index (Phi) is 8.62. The van der Waals surface area contributed by atoms with E-state index in [1.54, 1.807) is 11.3 Å². The molecule has 2 aromatic rings. The normalized spacial score (nSPS) is 15.7. The monoisotopic (exact) mass is 505 g/mol. The lowest BCUT2D eigenvalue weighted by molar-refractivity contribution is 0.463. The molecule has 2 aromatic heterocycles. The number of thiophene rings is 1. The number of aromatic nitrogens is 1. The minimum Gasteiger partial charge on any atom is -0.363 e. The lowest BCUT2D eigenvalue weighted by atomic mass is 10.1. The van der Waals surface area contributed by atoms with Crippen LogP contribution in [-0.2, 0) is 6.42 Å². The second-order valence-corrected chi connectivity index (χ2v) is 8.56. The molecule has 1 aliphatic heterocycles. The molecule has 0 radical (unpaired) electrons. The zero-order valence-corrected chi connectivity index (χ0v) is 19.6. The Morgan fingerprint density at radius 1 is 1.35 bits per heavy atom. The largest absolute Gasteiger partial charge is 0.363 e. The number of aliphatic imine (C=N–C) groups is 1. The van der Waals surface area contributed by atoms with E-state index in [0.717, 1.165) is 55.6 Å². The average molecular weight is 505 g/mol. The summed E-state index contributed by atoms with van der Waals surface area (Å²) in [5.74, 6) is 0.911. The third kappa shape index (κ3) is 5.82. The van der Waals surface area contributed by atoms with E-state index < -0.39 is 0 Å². The van der Waals surface area contributed by atoms with Gasteiger partial charge in [-0.05, 0) is 44.2 Å². The van der Waals surface area contributed by atoms with Crippen molar-refractivity contribution in [1.29, 1.82) is 0 Å². The molecule has 8 heteroatoms. The standard InChI is InChI=1S/C18H27N5S2.HI/c1-13-16(25-14(2)21-13)6-9-20-18(19-3)22-15-7-10-23(11-8-15)17-5-4-12-24-17;/h4-5,12,15H,6-11H2,1-3H3,(H2,19,20,22);1H. The maximum atomic E-state index is 4.49. The summed E-state index contributed by atoms with van der Waals surface area (Å²) in [6, 6.07) is 4.83. The van der Waals surface area contributed by atoms with Gasteiger partial charge in [0.2, 0.25) is 0 Å². The fourth-order valence-electron chi connectivity index (χ4n) is 3.18. The van der Waals surface area contributed by atoms with Crippen molar-refractivity contribution in [1.82, 2.24) is 15.6 Å². The van der Waals surface area contributed by atoms with E-state index in [4.69, 9.17) is 0 Å². The first-order chi connectivity index (χ1) is 12.2. The number of aryl methyl sites for hydroxylation is 2. The summed E-state index contributed by atoms with van der Waals surface area (Å²) >= 11 is 3.62. The van der Waals surface area contributed by atoms with Gasteiger partial charge >= 0.3 is 0 Å². The van der Waals surface area contributed by atoms with E-state index in [1.807, 2.05) is 18.4 Å². The van der Waals surface area contributed by atoms with Crippen molar-refractivity contribution in [3.05, 3.63) is 33.1 Å². The molecule has 5 nitrogen and oxygen atoms in total. The third-order valence-electron chi connectivity index (χ3n) is 4.52. The smallest absolute Gasteiger partial charge is 0.191 e. The van der Waals surface area contributed by atoms with E-state index in [2.05, 4.69) is 56.9 Å². The molecule has 0 unspecified atom stereocenters. The van der Waals surface area contributed by atoms with E-state index in [-0.39, 0.29) is 24.0 Å². The highest BCUT2D eigenvalue weighted by Crippen LogP contribution is 2.24. The van der Waals surface area contributed by atoms with Crippen molar-refractivity contribution in [2.45, 2.75) is 39.2 Å². The number of guanidine groups is 1. The van der Waals surface area contributed by atoms with Crippen molar-refractivity contribution in [3.63, 3.8) is 0 Å². The molecule has 3 heterocycles. The van der Waals surface area contributed by atoms with E-state index in [0.29, 0.717) is 6.04 Å². The van der Waals surface area contributed by atoms with Gasteiger partial charge in [-0.1, -0.05) is 0 Å². The number of hydrogen-bond acceptors (Lipinski definition) is 5. The molecular formula is C18H28IN5S2. The summed E-state index contributed by atoms with van der Waals surface area (Å²) in [6.45, 7) is 7.25. The Labute approximate surface area is 181 Å². The quantitative estimate of drug-likeness (QED) is 0.369. The molecule has 3 rings (SSSR count). The third-order valence-corrected chi connectivity index (χ3v) is 6.58. The SMILES string of the molecule is CN=C(NCCc1sc(C)nc1C)NC1CCN(c2cccs2)CC1.I. The van der Waals surface area contributed by atoms with Crippen LogP contribution in [-0.4, -0.2) is 43.7 Å². The van der Waals surface area contributed by atoms with Crippen LogP contribution in [0.3, 0.4) is 0 Å². The summed E-state index contributed by atoms with van der Waals surface area (Å²) < 4.78 is 0. The van der Waals surface area contributed by atoms with Crippen LogP contribution in [0.15, 0.2) is 22.5 Å². The molecule has 0 bridgehead atoms. The Bertz CT molecular complexity index is 691. The topological polar surface area (TPSA) is 52.6 Å². The number of nitrogens with zero attached hydrogens (tertiary/aromatic N) is 3. The maximum Gasteiger partial charge on any atom is 0.191 e. The molecule has 0 aromatic carbocycles. The van der Waals surface area contributed by atoms with Crippen LogP contribution < -0.4 is 15.5 Å². The van der Waals surface area contributed by atoms with E-state index >= 15 is 0 Å². The van der Waals surface area contributed by atoms with Gasteiger partial charge < -0.3 is 15.5 Å². The number of piperidine rings is 1. The van der Waals surface area contributed by atoms with Crippen molar-refractivity contribution < 1.29 is 0 Å². The number of anilines is 1. The number of thiazole rings is 1. The fourth-order valence-corrected chi connectivity index (χ4v) is 4.90. The van der Waals surface area contributed by atoms with Gasteiger partial charge in [0.15, 0.2) is 5.96 Å². The Morgan fingerprint density at radius 3 is 2.69 bits per heavy atom. The van der Waals surface area contributed by atoms with Crippen LogP contribution in [0.2, 0.25) is 0 Å². The molecule has 0 atom stereocenters. The van der Waals surface area contributed by atoms with Gasteiger partial charge in [0, 0.05) is 44.0 Å². The second-order valence-electron chi connectivity index (χ2n) is 6.35. The van der Waals surface area contributed by atoms with Crippen LogP contribution in [0, 0.1) is 13.8 Å². The molecule has 0 amide bonds. The Balaban J connectivity index is 0.00000243. The van der Waals surface area contributed by atoms with Gasteiger partial charge in [-0.3, -0.25) is 4.99 Å². The van der Waals surface area contributed by atoms with Crippen molar-refractivity contribution >= 4 is 57.6 Å². The van der Waals surface area contributed by atoms with Gasteiger partial charge in [0.1, 0.15) is 0 Å². The molecule has 0 aliphatic carbocycles. The molecule has 26 heavy (non-hydrogen) atoms. The lowest BCUT2D eigenvalue weighted by Crippen LogP contribution is -2.49. The van der Waals surface area contributed by atoms with E-state index in [9.17, 15) is 0 Å². The predicted octanol–water partition coefficient (Wildman–Crippen LogP) is 3.82. The number of halogens is 1. The molecular weight excluding hydrogens is 477 g/mol. The van der Waals surface area contributed by atoms with E-state index in [1.165, 1.54) is 9.88 Å². The van der Waals surface area contributed by atoms with Crippen LogP contribution in [0.5, 0.6) is 0 Å².